The molecule has 4 heteroatoms. The van der Waals surface area contributed by atoms with Crippen LogP contribution in [-0.2, 0) is 0 Å². The molecule has 0 amide bonds. The molecule has 0 unspecified atom stereocenters. The molecule has 112 valence electrons. The van der Waals surface area contributed by atoms with Gasteiger partial charge in [-0.05, 0) is 35.0 Å². The van der Waals surface area contributed by atoms with Crippen molar-refractivity contribution in [2.24, 2.45) is 0 Å². The van der Waals surface area contributed by atoms with E-state index in [1.807, 2.05) is 11.3 Å². The van der Waals surface area contributed by atoms with Crippen LogP contribution in [-0.4, -0.2) is 9.38 Å². The lowest BCUT2D eigenvalue weighted by Crippen LogP contribution is -1.81. The standard InChI is InChI=1S/C20H10N2S2/c1-2-10-12-8-23-9-16(12)22-15-6-7-24-20(15)11-4-5-14-18(19(11)22)17(10)13(3-1)21-14/h1-9,21H. The Kier molecular flexibility index (Phi) is 1.85. The third-order valence-electron chi connectivity index (χ3n) is 5.29. The van der Waals surface area contributed by atoms with Crippen LogP contribution in [0.4, 0.5) is 0 Å². The minimum atomic E-state index is 1.23. The van der Waals surface area contributed by atoms with Crippen molar-refractivity contribution in [3.8, 4) is 0 Å². The summed E-state index contributed by atoms with van der Waals surface area (Å²) in [6.07, 6.45) is 0. The van der Waals surface area contributed by atoms with E-state index in [1.165, 1.54) is 59.2 Å². The number of thiophene rings is 2. The van der Waals surface area contributed by atoms with E-state index in [-0.39, 0.29) is 0 Å². The molecular weight excluding hydrogens is 332 g/mol. The van der Waals surface area contributed by atoms with Gasteiger partial charge >= 0.3 is 0 Å². The number of benzene rings is 2. The fraction of sp³-hybridized carbons (Fsp3) is 0. The van der Waals surface area contributed by atoms with E-state index in [9.17, 15) is 0 Å². The van der Waals surface area contributed by atoms with Gasteiger partial charge in [-0.3, -0.25) is 0 Å². The minimum absolute atomic E-state index is 1.23. The van der Waals surface area contributed by atoms with Crippen molar-refractivity contribution in [2.45, 2.75) is 0 Å². The number of H-pyrrole nitrogens is 1. The van der Waals surface area contributed by atoms with Crippen LogP contribution in [0.25, 0.3) is 59.2 Å². The van der Waals surface area contributed by atoms with Crippen LogP contribution < -0.4 is 0 Å². The van der Waals surface area contributed by atoms with Crippen LogP contribution in [0.5, 0.6) is 0 Å². The monoisotopic (exact) mass is 342 g/mol. The summed E-state index contributed by atoms with van der Waals surface area (Å²) in [5.74, 6) is 0. The third kappa shape index (κ3) is 1.13. The van der Waals surface area contributed by atoms with Gasteiger partial charge < -0.3 is 9.38 Å². The first-order valence-corrected chi connectivity index (χ1v) is 9.76. The zero-order valence-electron chi connectivity index (χ0n) is 12.5. The highest BCUT2D eigenvalue weighted by molar-refractivity contribution is 7.18. The summed E-state index contributed by atoms with van der Waals surface area (Å²) in [7, 11) is 0. The molecule has 5 aromatic heterocycles. The lowest BCUT2D eigenvalue weighted by atomic mass is 10.1. The second kappa shape index (κ2) is 3.74. The molecule has 0 radical (unpaired) electrons. The summed E-state index contributed by atoms with van der Waals surface area (Å²) in [6.45, 7) is 0. The predicted octanol–water partition coefficient (Wildman–Crippen LogP) is 6.59. The Balaban J connectivity index is 2.11. The summed E-state index contributed by atoms with van der Waals surface area (Å²) < 4.78 is 3.86. The lowest BCUT2D eigenvalue weighted by Gasteiger charge is -1.98. The number of fused-ring (bicyclic) bond motifs is 6. The van der Waals surface area contributed by atoms with Crippen LogP contribution in [0.1, 0.15) is 0 Å². The van der Waals surface area contributed by atoms with Crippen LogP contribution in [0.3, 0.4) is 0 Å². The average molecular weight is 342 g/mol. The van der Waals surface area contributed by atoms with E-state index in [2.05, 4.69) is 61.9 Å². The fourth-order valence-corrected chi connectivity index (χ4v) is 6.09. The molecule has 0 saturated heterocycles. The minimum Gasteiger partial charge on any atom is -0.354 e. The molecule has 5 heterocycles. The van der Waals surface area contributed by atoms with E-state index in [0.29, 0.717) is 0 Å². The second-order valence-corrected chi connectivity index (χ2v) is 8.04. The van der Waals surface area contributed by atoms with Gasteiger partial charge in [-0.15, -0.1) is 22.7 Å². The summed E-state index contributed by atoms with van der Waals surface area (Å²) >= 11 is 3.63. The first-order valence-electron chi connectivity index (χ1n) is 7.94. The topological polar surface area (TPSA) is 20.2 Å². The van der Waals surface area contributed by atoms with E-state index in [4.69, 9.17) is 0 Å². The average Bonchev–Trinajstić information content (AvgIpc) is 3.33. The molecule has 0 spiro atoms. The van der Waals surface area contributed by atoms with E-state index in [0.717, 1.165) is 0 Å². The molecule has 0 aliphatic rings. The maximum absolute atomic E-state index is 3.63. The summed E-state index contributed by atoms with van der Waals surface area (Å²) in [6, 6.07) is 13.4. The van der Waals surface area contributed by atoms with Crippen LogP contribution in [0.2, 0.25) is 0 Å². The van der Waals surface area contributed by atoms with Crippen molar-refractivity contribution in [3.05, 3.63) is 52.5 Å². The SMILES string of the molecule is c1cc2[nH]c3ccc4c5sccc5n5c6cscc6c(c1)c2c3c45. The summed E-state index contributed by atoms with van der Waals surface area (Å²) in [4.78, 5) is 3.63. The predicted molar refractivity (Wildman–Crippen MR) is 106 cm³/mol. The normalized spacial score (nSPS) is 13.0. The highest BCUT2D eigenvalue weighted by Gasteiger charge is 2.20. The van der Waals surface area contributed by atoms with Gasteiger partial charge in [-0.1, -0.05) is 12.1 Å². The summed E-state index contributed by atoms with van der Waals surface area (Å²) in [5, 5.41) is 13.6. The Morgan fingerprint density at radius 3 is 2.75 bits per heavy atom. The molecule has 1 N–H and O–H groups in total. The van der Waals surface area contributed by atoms with Gasteiger partial charge in [0.25, 0.3) is 0 Å². The van der Waals surface area contributed by atoms with E-state index < -0.39 is 0 Å². The van der Waals surface area contributed by atoms with Gasteiger partial charge in [0.2, 0.25) is 0 Å². The van der Waals surface area contributed by atoms with Gasteiger partial charge in [0.1, 0.15) is 0 Å². The van der Waals surface area contributed by atoms with Crippen LogP contribution >= 0.6 is 22.7 Å². The van der Waals surface area contributed by atoms with Crippen LogP contribution in [0.15, 0.2) is 52.5 Å². The largest absolute Gasteiger partial charge is 0.354 e. The third-order valence-corrected chi connectivity index (χ3v) is 6.96. The van der Waals surface area contributed by atoms with Crippen molar-refractivity contribution in [3.63, 3.8) is 0 Å². The molecule has 2 nitrogen and oxygen atoms in total. The lowest BCUT2D eigenvalue weighted by molar-refractivity contribution is 1.37. The zero-order chi connectivity index (χ0) is 15.4. The highest BCUT2D eigenvalue weighted by atomic mass is 32.1. The number of aromatic amines is 1. The van der Waals surface area contributed by atoms with Gasteiger partial charge in [0.05, 0.1) is 21.3 Å². The molecular formula is C20H10N2S2. The first kappa shape index (κ1) is 11.9. The quantitative estimate of drug-likeness (QED) is 0.321. The highest BCUT2D eigenvalue weighted by Crippen LogP contribution is 2.44. The number of hydrogen-bond acceptors (Lipinski definition) is 2. The Hall–Kier alpha value is -2.56. The number of hydrogen-bond donors (Lipinski definition) is 1. The molecule has 7 aromatic rings. The number of nitrogens with one attached hydrogen (secondary N) is 1. The first-order chi connectivity index (χ1) is 11.9. The Morgan fingerprint density at radius 1 is 0.792 bits per heavy atom. The zero-order valence-corrected chi connectivity index (χ0v) is 14.1. The van der Waals surface area contributed by atoms with Crippen molar-refractivity contribution >= 4 is 81.9 Å². The molecule has 0 aliphatic heterocycles. The Labute approximate surface area is 143 Å². The maximum atomic E-state index is 3.63. The number of rotatable bonds is 0. The van der Waals surface area contributed by atoms with Gasteiger partial charge in [-0.25, -0.2) is 0 Å². The van der Waals surface area contributed by atoms with Crippen LogP contribution in [0, 0.1) is 0 Å². The fourth-order valence-electron chi connectivity index (χ4n) is 4.38. The van der Waals surface area contributed by atoms with Crippen molar-refractivity contribution in [1.82, 2.24) is 9.38 Å². The molecule has 2 aromatic carbocycles. The smallest absolute Gasteiger partial charge is 0.0650 e. The van der Waals surface area contributed by atoms with Crippen molar-refractivity contribution in [2.75, 3.05) is 0 Å². The van der Waals surface area contributed by atoms with E-state index >= 15 is 0 Å². The second-order valence-electron chi connectivity index (χ2n) is 6.38. The number of nitrogens with zero attached hydrogens (tertiary/aromatic N) is 1. The van der Waals surface area contributed by atoms with Gasteiger partial charge in [-0.2, -0.15) is 0 Å². The molecule has 0 fully saturated rings. The number of aromatic nitrogens is 2. The molecule has 0 atom stereocenters. The van der Waals surface area contributed by atoms with Crippen molar-refractivity contribution in [1.29, 1.82) is 0 Å². The molecule has 7 rings (SSSR count). The van der Waals surface area contributed by atoms with Crippen molar-refractivity contribution < 1.29 is 0 Å². The summed E-state index contributed by atoms with van der Waals surface area (Å²) in [5.41, 5.74) is 6.44. The van der Waals surface area contributed by atoms with Gasteiger partial charge in [0, 0.05) is 43.3 Å². The molecule has 0 aliphatic carbocycles. The molecule has 0 bridgehead atoms. The van der Waals surface area contributed by atoms with Gasteiger partial charge in [0.15, 0.2) is 0 Å². The Morgan fingerprint density at radius 2 is 1.75 bits per heavy atom. The van der Waals surface area contributed by atoms with E-state index in [1.54, 1.807) is 11.3 Å². The molecule has 0 saturated carbocycles. The maximum Gasteiger partial charge on any atom is 0.0650 e. The Bertz CT molecular complexity index is 1550. The molecule has 24 heavy (non-hydrogen) atoms.